The Kier molecular flexibility index (Phi) is 7.84. The lowest BCUT2D eigenvalue weighted by atomic mass is 9.90. The number of carbonyl (C=O) groups is 1. The van der Waals surface area contributed by atoms with E-state index in [1.807, 2.05) is 4.90 Å². The summed E-state index contributed by atoms with van der Waals surface area (Å²) in [6.45, 7) is 9.47. The van der Waals surface area contributed by atoms with E-state index in [9.17, 15) is 4.79 Å². The summed E-state index contributed by atoms with van der Waals surface area (Å²) in [7, 11) is 0. The van der Waals surface area contributed by atoms with E-state index in [1.165, 1.54) is 37.9 Å². The molecule has 3 heterocycles. The van der Waals surface area contributed by atoms with Crippen LogP contribution in [0.1, 0.15) is 44.6 Å². The lowest BCUT2D eigenvalue weighted by Crippen LogP contribution is -2.44. The molecule has 0 bridgehead atoms. The molecule has 0 aromatic heterocycles. The minimum Gasteiger partial charge on any atom is -0.357 e. The number of nitrogens with zero attached hydrogens (tertiary/aromatic N) is 4. The first-order valence-electron chi connectivity index (χ1n) is 12.3. The summed E-state index contributed by atoms with van der Waals surface area (Å²) in [5.41, 5.74) is 1.41. The molecule has 3 fully saturated rings. The van der Waals surface area contributed by atoms with Gasteiger partial charge in [-0.05, 0) is 70.0 Å². The standard InChI is InChI=1S/C25H39N5O/c1-2-26-25(30-17-12-23(20-30)28-13-6-7-14-28)27-19-24(31)29-15-10-22(11-16-29)18-21-8-4-3-5-9-21/h3-5,8-9,22-23H,2,6-7,10-20H2,1H3,(H,26,27). The maximum Gasteiger partial charge on any atom is 0.244 e. The fourth-order valence-electron chi connectivity index (χ4n) is 5.34. The van der Waals surface area contributed by atoms with E-state index in [4.69, 9.17) is 4.99 Å². The van der Waals surface area contributed by atoms with Crippen LogP contribution in [-0.2, 0) is 11.2 Å². The van der Waals surface area contributed by atoms with Crippen LogP contribution >= 0.6 is 0 Å². The molecule has 31 heavy (non-hydrogen) atoms. The number of amides is 1. The topological polar surface area (TPSA) is 51.2 Å². The van der Waals surface area contributed by atoms with Crippen molar-refractivity contribution in [1.29, 1.82) is 0 Å². The summed E-state index contributed by atoms with van der Waals surface area (Å²) in [5.74, 6) is 1.76. The van der Waals surface area contributed by atoms with Crippen molar-refractivity contribution in [3.05, 3.63) is 35.9 Å². The van der Waals surface area contributed by atoms with E-state index in [2.05, 4.69) is 52.4 Å². The van der Waals surface area contributed by atoms with E-state index in [0.717, 1.165) is 57.9 Å². The molecular formula is C25H39N5O. The first-order valence-corrected chi connectivity index (χ1v) is 12.3. The maximum atomic E-state index is 12.8. The summed E-state index contributed by atoms with van der Waals surface area (Å²) in [5, 5.41) is 3.42. The van der Waals surface area contributed by atoms with Gasteiger partial charge in [-0.15, -0.1) is 0 Å². The summed E-state index contributed by atoms with van der Waals surface area (Å²) in [6, 6.07) is 11.4. The zero-order valence-electron chi connectivity index (χ0n) is 19.1. The van der Waals surface area contributed by atoms with Gasteiger partial charge in [0.2, 0.25) is 5.91 Å². The molecule has 170 valence electrons. The number of likely N-dealkylation sites (tertiary alicyclic amines) is 3. The second-order valence-electron chi connectivity index (χ2n) is 9.32. The largest absolute Gasteiger partial charge is 0.357 e. The van der Waals surface area contributed by atoms with Crippen LogP contribution in [0.5, 0.6) is 0 Å². The Morgan fingerprint density at radius 1 is 1.00 bits per heavy atom. The Labute approximate surface area is 187 Å². The summed E-state index contributed by atoms with van der Waals surface area (Å²) in [6.07, 6.45) is 7.18. The van der Waals surface area contributed by atoms with Gasteiger partial charge in [0, 0.05) is 38.8 Å². The smallest absolute Gasteiger partial charge is 0.244 e. The van der Waals surface area contributed by atoms with E-state index in [-0.39, 0.29) is 12.5 Å². The maximum absolute atomic E-state index is 12.8. The van der Waals surface area contributed by atoms with Crippen molar-refractivity contribution in [2.75, 3.05) is 52.4 Å². The molecule has 1 aromatic rings. The third-order valence-corrected chi connectivity index (χ3v) is 7.15. The van der Waals surface area contributed by atoms with Crippen LogP contribution in [0.2, 0.25) is 0 Å². The van der Waals surface area contributed by atoms with Crippen molar-refractivity contribution in [3.63, 3.8) is 0 Å². The molecule has 6 heteroatoms. The Morgan fingerprint density at radius 3 is 2.42 bits per heavy atom. The highest BCUT2D eigenvalue weighted by atomic mass is 16.2. The van der Waals surface area contributed by atoms with Crippen LogP contribution in [0.4, 0.5) is 0 Å². The van der Waals surface area contributed by atoms with E-state index in [1.54, 1.807) is 0 Å². The molecule has 4 rings (SSSR count). The van der Waals surface area contributed by atoms with Crippen molar-refractivity contribution in [2.24, 2.45) is 10.9 Å². The first-order chi connectivity index (χ1) is 15.2. The van der Waals surface area contributed by atoms with Crippen molar-refractivity contribution >= 4 is 11.9 Å². The normalized spacial score (nSPS) is 23.5. The summed E-state index contributed by atoms with van der Waals surface area (Å²) in [4.78, 5) is 24.6. The van der Waals surface area contributed by atoms with Gasteiger partial charge in [-0.2, -0.15) is 0 Å². The van der Waals surface area contributed by atoms with Gasteiger partial charge >= 0.3 is 0 Å². The predicted octanol–water partition coefficient (Wildman–Crippen LogP) is 2.60. The highest BCUT2D eigenvalue weighted by Crippen LogP contribution is 2.22. The molecule has 0 radical (unpaired) electrons. The molecular weight excluding hydrogens is 386 g/mol. The van der Waals surface area contributed by atoms with Gasteiger partial charge in [-0.25, -0.2) is 4.99 Å². The number of nitrogens with one attached hydrogen (secondary N) is 1. The molecule has 1 amide bonds. The second kappa shape index (κ2) is 11.0. The predicted molar refractivity (Wildman–Crippen MR) is 126 cm³/mol. The van der Waals surface area contributed by atoms with Crippen LogP contribution in [0.25, 0.3) is 0 Å². The van der Waals surface area contributed by atoms with Gasteiger partial charge in [0.25, 0.3) is 0 Å². The van der Waals surface area contributed by atoms with Crippen molar-refractivity contribution in [1.82, 2.24) is 20.0 Å². The number of aliphatic imine (C=N–C) groups is 1. The molecule has 3 saturated heterocycles. The average Bonchev–Trinajstić information content (AvgIpc) is 3.50. The van der Waals surface area contributed by atoms with Crippen LogP contribution in [0, 0.1) is 5.92 Å². The van der Waals surface area contributed by atoms with Crippen LogP contribution in [-0.4, -0.2) is 85.0 Å². The molecule has 0 saturated carbocycles. The monoisotopic (exact) mass is 425 g/mol. The van der Waals surface area contributed by atoms with Crippen molar-refractivity contribution in [3.8, 4) is 0 Å². The van der Waals surface area contributed by atoms with E-state index < -0.39 is 0 Å². The molecule has 3 aliphatic heterocycles. The lowest BCUT2D eigenvalue weighted by molar-refractivity contribution is -0.131. The molecule has 1 unspecified atom stereocenters. The molecule has 1 aromatic carbocycles. The third kappa shape index (κ3) is 6.00. The molecule has 0 spiro atoms. The van der Waals surface area contributed by atoms with E-state index in [0.29, 0.717) is 12.0 Å². The van der Waals surface area contributed by atoms with Gasteiger partial charge in [-0.1, -0.05) is 30.3 Å². The number of hydrogen-bond donors (Lipinski definition) is 1. The number of carbonyl (C=O) groups excluding carboxylic acids is 1. The number of benzene rings is 1. The minimum absolute atomic E-state index is 0.170. The molecule has 6 nitrogen and oxygen atoms in total. The molecule has 1 atom stereocenters. The third-order valence-electron chi connectivity index (χ3n) is 7.15. The van der Waals surface area contributed by atoms with Gasteiger partial charge in [0.05, 0.1) is 0 Å². The minimum atomic E-state index is 0.170. The lowest BCUT2D eigenvalue weighted by Gasteiger charge is -2.32. The highest BCUT2D eigenvalue weighted by molar-refractivity contribution is 5.85. The fraction of sp³-hybridized carbons (Fsp3) is 0.680. The number of hydrogen-bond acceptors (Lipinski definition) is 3. The number of piperidine rings is 1. The van der Waals surface area contributed by atoms with Crippen LogP contribution < -0.4 is 5.32 Å². The molecule has 0 aliphatic carbocycles. The zero-order valence-corrected chi connectivity index (χ0v) is 19.1. The van der Waals surface area contributed by atoms with Gasteiger partial charge in [-0.3, -0.25) is 9.69 Å². The Hall–Kier alpha value is -2.08. The van der Waals surface area contributed by atoms with Crippen LogP contribution in [0.15, 0.2) is 35.3 Å². The zero-order chi connectivity index (χ0) is 21.5. The van der Waals surface area contributed by atoms with Gasteiger partial charge in [0.1, 0.15) is 6.54 Å². The van der Waals surface area contributed by atoms with Crippen molar-refractivity contribution < 1.29 is 4.79 Å². The van der Waals surface area contributed by atoms with Gasteiger partial charge in [0.15, 0.2) is 5.96 Å². The fourth-order valence-corrected chi connectivity index (χ4v) is 5.34. The summed E-state index contributed by atoms with van der Waals surface area (Å²) >= 11 is 0. The molecule has 3 aliphatic rings. The van der Waals surface area contributed by atoms with E-state index >= 15 is 0 Å². The summed E-state index contributed by atoms with van der Waals surface area (Å²) < 4.78 is 0. The first kappa shape index (κ1) is 22.1. The Morgan fingerprint density at radius 2 is 1.71 bits per heavy atom. The quantitative estimate of drug-likeness (QED) is 0.562. The highest BCUT2D eigenvalue weighted by Gasteiger charge is 2.31. The average molecular weight is 426 g/mol. The van der Waals surface area contributed by atoms with Gasteiger partial charge < -0.3 is 15.1 Å². The van der Waals surface area contributed by atoms with Crippen molar-refractivity contribution in [2.45, 2.75) is 51.5 Å². The SMILES string of the molecule is CCNC(=NCC(=O)N1CCC(Cc2ccccc2)CC1)N1CCC(N2CCCC2)C1. The Balaban J connectivity index is 1.25. The Bertz CT molecular complexity index is 723. The molecule has 1 N–H and O–H groups in total. The number of guanidine groups is 1. The number of rotatable bonds is 6. The van der Waals surface area contributed by atoms with Crippen LogP contribution in [0.3, 0.4) is 0 Å². The second-order valence-corrected chi connectivity index (χ2v) is 9.32.